The smallest absolute Gasteiger partial charge is 0.358 e. The largest absolute Gasteiger partial charge is 0.464 e. The molecule has 0 spiro atoms. The van der Waals surface area contributed by atoms with Gasteiger partial charge in [-0.15, -0.1) is 0 Å². The number of hydrogen-bond acceptors (Lipinski definition) is 5. The molecule has 2 aliphatic rings. The molecular weight excluding hydrogens is 298 g/mol. The third kappa shape index (κ3) is 3.10. The zero-order valence-electron chi connectivity index (χ0n) is 13.7. The molecule has 3 rings (SSSR count). The van der Waals surface area contributed by atoms with Gasteiger partial charge in [-0.05, 0) is 38.7 Å². The topological polar surface area (TPSA) is 73.7 Å². The van der Waals surface area contributed by atoms with Gasteiger partial charge in [0.05, 0.1) is 19.3 Å². The fraction of sp³-hybridized carbons (Fsp3) is 0.688. The highest BCUT2D eigenvalue weighted by molar-refractivity contribution is 5.87. The van der Waals surface area contributed by atoms with E-state index < -0.39 is 11.6 Å². The minimum atomic E-state index is -0.724. The SMILES string of the molecule is COC(=O)c1cc2n(n1)CCCN(C(=O)[C@]1(C)CCCCO1)C2. The third-order valence-electron chi connectivity index (χ3n) is 4.62. The van der Waals surface area contributed by atoms with Crippen molar-refractivity contribution in [3.05, 3.63) is 17.5 Å². The van der Waals surface area contributed by atoms with E-state index in [-0.39, 0.29) is 11.6 Å². The van der Waals surface area contributed by atoms with Crippen LogP contribution in [-0.4, -0.2) is 52.4 Å². The number of rotatable bonds is 2. The first kappa shape index (κ1) is 16.0. The summed E-state index contributed by atoms with van der Waals surface area (Å²) in [5, 5.41) is 4.28. The molecule has 1 amide bonds. The van der Waals surface area contributed by atoms with Crippen molar-refractivity contribution in [3.8, 4) is 0 Å². The maximum Gasteiger partial charge on any atom is 0.358 e. The Morgan fingerprint density at radius 1 is 1.30 bits per heavy atom. The Labute approximate surface area is 135 Å². The van der Waals surface area contributed by atoms with Crippen LogP contribution in [0, 0.1) is 0 Å². The highest BCUT2D eigenvalue weighted by atomic mass is 16.5. The zero-order chi connectivity index (χ0) is 16.4. The Bertz CT molecular complexity index is 604. The maximum absolute atomic E-state index is 12.9. The molecule has 3 heterocycles. The molecule has 0 unspecified atom stereocenters. The van der Waals surface area contributed by atoms with Gasteiger partial charge in [-0.2, -0.15) is 5.10 Å². The monoisotopic (exact) mass is 321 g/mol. The van der Waals surface area contributed by atoms with Crippen LogP contribution in [0.15, 0.2) is 6.07 Å². The summed E-state index contributed by atoms with van der Waals surface area (Å²) in [6, 6.07) is 1.71. The highest BCUT2D eigenvalue weighted by Crippen LogP contribution is 2.28. The summed E-state index contributed by atoms with van der Waals surface area (Å²) < 4.78 is 12.3. The van der Waals surface area contributed by atoms with Crippen molar-refractivity contribution in [2.24, 2.45) is 0 Å². The van der Waals surface area contributed by atoms with E-state index in [4.69, 9.17) is 9.47 Å². The lowest BCUT2D eigenvalue weighted by molar-refractivity contribution is -0.162. The first-order chi connectivity index (χ1) is 11.0. The van der Waals surface area contributed by atoms with Crippen LogP contribution in [0.25, 0.3) is 0 Å². The molecule has 0 N–H and O–H groups in total. The molecule has 0 aromatic carbocycles. The Balaban J connectivity index is 1.78. The molecule has 1 saturated heterocycles. The average molecular weight is 321 g/mol. The van der Waals surface area contributed by atoms with Crippen molar-refractivity contribution < 1.29 is 19.1 Å². The molecule has 7 nitrogen and oxygen atoms in total. The molecule has 1 fully saturated rings. The van der Waals surface area contributed by atoms with E-state index in [1.165, 1.54) is 7.11 Å². The van der Waals surface area contributed by atoms with Gasteiger partial charge in [0.15, 0.2) is 5.69 Å². The lowest BCUT2D eigenvalue weighted by Crippen LogP contribution is -2.50. The minimum absolute atomic E-state index is 0.0338. The van der Waals surface area contributed by atoms with Crippen molar-refractivity contribution in [1.29, 1.82) is 0 Å². The predicted molar refractivity (Wildman–Crippen MR) is 81.8 cm³/mol. The number of carbonyl (C=O) groups is 2. The Hall–Kier alpha value is -1.89. The zero-order valence-corrected chi connectivity index (χ0v) is 13.7. The van der Waals surface area contributed by atoms with E-state index in [9.17, 15) is 9.59 Å². The number of carbonyl (C=O) groups excluding carboxylic acids is 2. The first-order valence-electron chi connectivity index (χ1n) is 8.12. The summed E-state index contributed by atoms with van der Waals surface area (Å²) in [6.07, 6.45) is 3.59. The van der Waals surface area contributed by atoms with Gasteiger partial charge in [0, 0.05) is 19.7 Å². The van der Waals surface area contributed by atoms with Gasteiger partial charge < -0.3 is 14.4 Å². The molecule has 0 aliphatic carbocycles. The number of ether oxygens (including phenoxy) is 2. The van der Waals surface area contributed by atoms with E-state index in [1.54, 1.807) is 10.7 Å². The Morgan fingerprint density at radius 3 is 2.83 bits per heavy atom. The van der Waals surface area contributed by atoms with Gasteiger partial charge in [-0.1, -0.05) is 0 Å². The molecule has 1 aromatic rings. The van der Waals surface area contributed by atoms with Crippen molar-refractivity contribution in [2.75, 3.05) is 20.3 Å². The molecule has 0 saturated carbocycles. The summed E-state index contributed by atoms with van der Waals surface area (Å²) >= 11 is 0. The number of nitrogens with zero attached hydrogens (tertiary/aromatic N) is 3. The van der Waals surface area contributed by atoms with Gasteiger partial charge in [-0.3, -0.25) is 9.48 Å². The number of aryl methyl sites for hydroxylation is 1. The fourth-order valence-corrected chi connectivity index (χ4v) is 3.28. The van der Waals surface area contributed by atoms with Gasteiger partial charge in [0.1, 0.15) is 5.60 Å². The second-order valence-corrected chi connectivity index (χ2v) is 6.35. The molecule has 0 radical (unpaired) electrons. The lowest BCUT2D eigenvalue weighted by atomic mass is 9.94. The second-order valence-electron chi connectivity index (χ2n) is 6.35. The number of methoxy groups -OCH3 is 1. The summed E-state index contributed by atoms with van der Waals surface area (Å²) in [5.41, 5.74) is 0.422. The standard InChI is InChI=1S/C16H23N3O4/c1-16(6-3-4-9-23-16)15(21)18-7-5-8-19-12(11-18)10-13(17-19)14(20)22-2/h10H,3-9,11H2,1-2H3/t16-/m0/s1. The van der Waals surface area contributed by atoms with E-state index in [1.807, 2.05) is 11.8 Å². The van der Waals surface area contributed by atoms with E-state index >= 15 is 0 Å². The number of aromatic nitrogens is 2. The van der Waals surface area contributed by atoms with Crippen LogP contribution >= 0.6 is 0 Å². The molecular formula is C16H23N3O4. The molecule has 0 bridgehead atoms. The summed E-state index contributed by atoms with van der Waals surface area (Å²) in [6.45, 7) is 4.33. The number of hydrogen-bond donors (Lipinski definition) is 0. The van der Waals surface area contributed by atoms with Gasteiger partial charge in [0.2, 0.25) is 0 Å². The molecule has 1 aromatic heterocycles. The second kappa shape index (κ2) is 6.31. The van der Waals surface area contributed by atoms with Gasteiger partial charge in [-0.25, -0.2) is 4.79 Å². The van der Waals surface area contributed by atoms with Crippen LogP contribution in [0.1, 0.15) is 48.8 Å². The van der Waals surface area contributed by atoms with Crippen LogP contribution in [0.4, 0.5) is 0 Å². The van der Waals surface area contributed by atoms with Crippen LogP contribution in [0.5, 0.6) is 0 Å². The van der Waals surface area contributed by atoms with E-state index in [0.29, 0.717) is 26.2 Å². The number of amides is 1. The average Bonchev–Trinajstić information content (AvgIpc) is 2.86. The molecule has 23 heavy (non-hydrogen) atoms. The quantitative estimate of drug-likeness (QED) is 0.769. The molecule has 7 heteroatoms. The molecule has 1 atom stereocenters. The first-order valence-corrected chi connectivity index (χ1v) is 8.12. The van der Waals surface area contributed by atoms with Crippen LogP contribution in [0.3, 0.4) is 0 Å². The van der Waals surface area contributed by atoms with E-state index in [0.717, 1.165) is 31.4 Å². The van der Waals surface area contributed by atoms with Crippen LogP contribution < -0.4 is 0 Å². The summed E-state index contributed by atoms with van der Waals surface area (Å²) in [5.74, 6) is -0.419. The van der Waals surface area contributed by atoms with Crippen molar-refractivity contribution in [2.45, 2.75) is 51.3 Å². The van der Waals surface area contributed by atoms with Crippen LogP contribution in [-0.2, 0) is 27.4 Å². The van der Waals surface area contributed by atoms with Gasteiger partial charge in [0.25, 0.3) is 5.91 Å². The number of fused-ring (bicyclic) bond motifs is 1. The summed E-state index contributed by atoms with van der Waals surface area (Å²) in [7, 11) is 1.34. The fourth-order valence-electron chi connectivity index (χ4n) is 3.28. The lowest BCUT2D eigenvalue weighted by Gasteiger charge is -2.36. The highest BCUT2D eigenvalue weighted by Gasteiger charge is 2.39. The number of esters is 1. The minimum Gasteiger partial charge on any atom is -0.464 e. The predicted octanol–water partition coefficient (Wildman–Crippen LogP) is 1.36. The van der Waals surface area contributed by atoms with Gasteiger partial charge >= 0.3 is 5.97 Å². The third-order valence-corrected chi connectivity index (χ3v) is 4.62. The summed E-state index contributed by atoms with van der Waals surface area (Å²) in [4.78, 5) is 26.4. The normalized spacial score (nSPS) is 24.7. The van der Waals surface area contributed by atoms with Crippen LogP contribution in [0.2, 0.25) is 0 Å². The van der Waals surface area contributed by atoms with Crippen molar-refractivity contribution >= 4 is 11.9 Å². The Morgan fingerprint density at radius 2 is 2.13 bits per heavy atom. The van der Waals surface area contributed by atoms with Crippen molar-refractivity contribution in [3.63, 3.8) is 0 Å². The maximum atomic E-state index is 12.9. The molecule has 2 aliphatic heterocycles. The Kier molecular flexibility index (Phi) is 4.39. The van der Waals surface area contributed by atoms with Crippen molar-refractivity contribution in [1.82, 2.24) is 14.7 Å². The van der Waals surface area contributed by atoms with E-state index in [2.05, 4.69) is 5.10 Å². The molecule has 126 valence electrons.